The molecule has 0 saturated heterocycles. The molecule has 5 nitrogen and oxygen atoms in total. The average Bonchev–Trinajstić information content (AvgIpc) is 3.02. The molecule has 0 aliphatic carbocycles. The van der Waals surface area contributed by atoms with Gasteiger partial charge in [0.25, 0.3) is 5.91 Å². The van der Waals surface area contributed by atoms with Crippen LogP contribution in [-0.4, -0.2) is 38.1 Å². The first-order valence-electron chi connectivity index (χ1n) is 7.64. The Bertz CT molecular complexity index is 636. The Balaban J connectivity index is 1.86. The van der Waals surface area contributed by atoms with Crippen LogP contribution in [0.5, 0.6) is 5.75 Å². The molecule has 23 heavy (non-hydrogen) atoms. The Kier molecular flexibility index (Phi) is 5.82. The molecule has 2 aromatic rings. The van der Waals surface area contributed by atoms with E-state index in [1.165, 1.54) is 0 Å². The number of aryl methyl sites for hydroxylation is 1. The summed E-state index contributed by atoms with van der Waals surface area (Å²) in [6.45, 7) is 4.48. The van der Waals surface area contributed by atoms with Crippen molar-refractivity contribution in [3.63, 3.8) is 0 Å². The molecule has 0 aliphatic heterocycles. The predicted molar refractivity (Wildman–Crippen MR) is 89.6 cm³/mol. The second kappa shape index (κ2) is 7.83. The highest BCUT2D eigenvalue weighted by molar-refractivity contribution is 5.77. The fraction of sp³-hybridized carbons (Fsp3) is 0.389. The molecule has 0 bridgehead atoms. The van der Waals surface area contributed by atoms with Crippen molar-refractivity contribution in [3.05, 3.63) is 53.5 Å². The number of nitrogens with one attached hydrogen (secondary N) is 1. The fourth-order valence-electron chi connectivity index (χ4n) is 2.30. The first-order valence-corrected chi connectivity index (χ1v) is 7.64. The maximum absolute atomic E-state index is 12.0. The van der Waals surface area contributed by atoms with Crippen molar-refractivity contribution in [3.8, 4) is 5.75 Å². The molecule has 1 N–H and O–H groups in total. The highest BCUT2D eigenvalue weighted by Gasteiger charge is 2.18. The normalized spacial score (nSPS) is 12.2. The van der Waals surface area contributed by atoms with Crippen molar-refractivity contribution >= 4 is 5.91 Å². The first kappa shape index (κ1) is 17.1. The van der Waals surface area contributed by atoms with E-state index in [9.17, 15) is 4.79 Å². The zero-order chi connectivity index (χ0) is 16.8. The summed E-state index contributed by atoms with van der Waals surface area (Å²) in [5.41, 5.74) is 2.20. The molecule has 124 valence electrons. The maximum atomic E-state index is 12.0. The van der Waals surface area contributed by atoms with Crippen molar-refractivity contribution in [1.82, 2.24) is 10.2 Å². The third-order valence-electron chi connectivity index (χ3n) is 3.90. The van der Waals surface area contributed by atoms with Gasteiger partial charge >= 0.3 is 0 Å². The number of hydrogen-bond acceptors (Lipinski definition) is 4. The van der Waals surface area contributed by atoms with Gasteiger partial charge in [-0.05, 0) is 57.3 Å². The third-order valence-corrected chi connectivity index (χ3v) is 3.90. The Hall–Kier alpha value is -2.27. The second-order valence-electron chi connectivity index (χ2n) is 5.79. The van der Waals surface area contributed by atoms with E-state index in [0.717, 1.165) is 22.6 Å². The van der Waals surface area contributed by atoms with Gasteiger partial charge in [-0.3, -0.25) is 9.69 Å². The Morgan fingerprint density at radius 3 is 2.70 bits per heavy atom. The van der Waals surface area contributed by atoms with Gasteiger partial charge < -0.3 is 14.5 Å². The monoisotopic (exact) mass is 316 g/mol. The molecule has 0 aliphatic rings. The summed E-state index contributed by atoms with van der Waals surface area (Å²) in [5.74, 6) is 1.42. The van der Waals surface area contributed by atoms with Gasteiger partial charge in [0.05, 0.1) is 12.3 Å². The van der Waals surface area contributed by atoms with Crippen LogP contribution in [0.2, 0.25) is 0 Å². The van der Waals surface area contributed by atoms with Crippen LogP contribution in [0.4, 0.5) is 0 Å². The van der Waals surface area contributed by atoms with Crippen LogP contribution in [-0.2, 0) is 4.79 Å². The van der Waals surface area contributed by atoms with Gasteiger partial charge in [0.15, 0.2) is 6.61 Å². The minimum Gasteiger partial charge on any atom is -0.483 e. The lowest BCUT2D eigenvalue weighted by Gasteiger charge is -2.22. The van der Waals surface area contributed by atoms with Crippen molar-refractivity contribution in [2.45, 2.75) is 19.9 Å². The molecule has 1 heterocycles. The average molecular weight is 316 g/mol. The van der Waals surface area contributed by atoms with Gasteiger partial charge in [-0.2, -0.15) is 0 Å². The van der Waals surface area contributed by atoms with Crippen LogP contribution in [0.1, 0.15) is 22.9 Å². The summed E-state index contributed by atoms with van der Waals surface area (Å²) in [7, 11) is 3.90. The van der Waals surface area contributed by atoms with Gasteiger partial charge in [-0.1, -0.05) is 12.1 Å². The fourth-order valence-corrected chi connectivity index (χ4v) is 2.30. The van der Waals surface area contributed by atoms with Gasteiger partial charge in [0.1, 0.15) is 11.5 Å². The summed E-state index contributed by atoms with van der Waals surface area (Å²) in [6.07, 6.45) is 1.64. The smallest absolute Gasteiger partial charge is 0.258 e. The summed E-state index contributed by atoms with van der Waals surface area (Å²) < 4.78 is 11.0. The minimum atomic E-state index is -0.149. The quantitative estimate of drug-likeness (QED) is 0.853. The Labute approximate surface area is 137 Å². The lowest BCUT2D eigenvalue weighted by atomic mass is 10.1. The lowest BCUT2D eigenvalue weighted by Crippen LogP contribution is -2.36. The summed E-state index contributed by atoms with van der Waals surface area (Å²) in [5, 5.41) is 2.89. The van der Waals surface area contributed by atoms with Crippen molar-refractivity contribution in [2.24, 2.45) is 0 Å². The standard InChI is InChI=1S/C18H24N2O3/c1-13-7-5-8-16(14(13)2)23-12-18(21)19-11-15(20(3)4)17-9-6-10-22-17/h5-10,15H,11-12H2,1-4H3,(H,19,21)/t15-/m1/s1. The van der Waals surface area contributed by atoms with E-state index in [1.807, 2.05) is 63.2 Å². The number of nitrogens with zero attached hydrogens (tertiary/aromatic N) is 1. The van der Waals surface area contributed by atoms with Crippen LogP contribution in [0, 0.1) is 13.8 Å². The van der Waals surface area contributed by atoms with E-state index in [4.69, 9.17) is 9.15 Å². The minimum absolute atomic E-state index is 0.00258. The van der Waals surface area contributed by atoms with E-state index >= 15 is 0 Å². The number of hydrogen-bond donors (Lipinski definition) is 1. The molecule has 0 unspecified atom stereocenters. The Morgan fingerprint density at radius 1 is 1.26 bits per heavy atom. The molecule has 1 aromatic heterocycles. The van der Waals surface area contributed by atoms with Crippen molar-refractivity contribution in [2.75, 3.05) is 27.2 Å². The summed E-state index contributed by atoms with van der Waals surface area (Å²) in [6, 6.07) is 9.57. The zero-order valence-electron chi connectivity index (χ0n) is 14.1. The number of rotatable bonds is 7. The van der Waals surface area contributed by atoms with Crippen molar-refractivity contribution in [1.29, 1.82) is 0 Å². The SMILES string of the molecule is Cc1cccc(OCC(=O)NC[C@H](c2ccco2)N(C)C)c1C. The van der Waals surface area contributed by atoms with E-state index in [2.05, 4.69) is 5.32 Å². The van der Waals surface area contributed by atoms with Crippen LogP contribution >= 0.6 is 0 Å². The molecule has 0 fully saturated rings. The van der Waals surface area contributed by atoms with Crippen LogP contribution < -0.4 is 10.1 Å². The first-order chi connectivity index (χ1) is 11.0. The molecule has 0 saturated carbocycles. The molecule has 1 amide bonds. The third kappa shape index (κ3) is 4.60. The Morgan fingerprint density at radius 2 is 2.04 bits per heavy atom. The highest BCUT2D eigenvalue weighted by Crippen LogP contribution is 2.20. The number of likely N-dealkylation sites (N-methyl/N-ethyl adjacent to an activating group) is 1. The van der Waals surface area contributed by atoms with Gasteiger partial charge in [0.2, 0.25) is 0 Å². The molecule has 1 aromatic carbocycles. The van der Waals surface area contributed by atoms with Gasteiger partial charge in [-0.25, -0.2) is 0 Å². The molecular weight excluding hydrogens is 292 g/mol. The molecular formula is C18H24N2O3. The zero-order valence-corrected chi connectivity index (χ0v) is 14.1. The number of benzene rings is 1. The maximum Gasteiger partial charge on any atom is 0.258 e. The number of carbonyl (C=O) groups excluding carboxylic acids is 1. The number of furan rings is 1. The summed E-state index contributed by atoms with van der Waals surface area (Å²) in [4.78, 5) is 14.0. The van der Waals surface area contributed by atoms with Gasteiger partial charge in [0, 0.05) is 6.54 Å². The highest BCUT2D eigenvalue weighted by atomic mass is 16.5. The van der Waals surface area contributed by atoms with Crippen LogP contribution in [0.15, 0.2) is 41.0 Å². The number of amides is 1. The number of ether oxygens (including phenoxy) is 1. The summed E-state index contributed by atoms with van der Waals surface area (Å²) >= 11 is 0. The molecule has 0 spiro atoms. The van der Waals surface area contributed by atoms with E-state index in [-0.39, 0.29) is 18.6 Å². The van der Waals surface area contributed by atoms with Crippen LogP contribution in [0.3, 0.4) is 0 Å². The molecule has 0 radical (unpaired) electrons. The molecule has 2 rings (SSSR count). The van der Waals surface area contributed by atoms with E-state index in [0.29, 0.717) is 6.54 Å². The molecule has 5 heteroatoms. The molecule has 1 atom stereocenters. The predicted octanol–water partition coefficient (Wildman–Crippen LogP) is 2.69. The van der Waals surface area contributed by atoms with Crippen LogP contribution in [0.25, 0.3) is 0 Å². The van der Waals surface area contributed by atoms with Gasteiger partial charge in [-0.15, -0.1) is 0 Å². The van der Waals surface area contributed by atoms with E-state index in [1.54, 1.807) is 6.26 Å². The lowest BCUT2D eigenvalue weighted by molar-refractivity contribution is -0.123. The van der Waals surface area contributed by atoms with Crippen molar-refractivity contribution < 1.29 is 13.9 Å². The largest absolute Gasteiger partial charge is 0.483 e. The second-order valence-corrected chi connectivity index (χ2v) is 5.79. The van der Waals surface area contributed by atoms with E-state index < -0.39 is 0 Å². The number of carbonyl (C=O) groups is 1. The topological polar surface area (TPSA) is 54.7 Å².